The quantitative estimate of drug-likeness (QED) is 0.594. The van der Waals surface area contributed by atoms with Crippen LogP contribution in [-0.4, -0.2) is 78.5 Å². The molecule has 2 fully saturated rings. The van der Waals surface area contributed by atoms with Gasteiger partial charge in [-0.2, -0.15) is 0 Å². The monoisotopic (exact) mass is 493 g/mol. The van der Waals surface area contributed by atoms with Crippen LogP contribution in [-0.2, 0) is 4.79 Å². The molecule has 1 saturated heterocycles. The van der Waals surface area contributed by atoms with Crippen molar-refractivity contribution in [2.45, 2.75) is 54.5 Å². The molecular formula is C27H35N5O2S. The highest BCUT2D eigenvalue weighted by Gasteiger charge is 2.29. The van der Waals surface area contributed by atoms with Gasteiger partial charge in [-0.1, -0.05) is 43.2 Å². The molecule has 2 aliphatic heterocycles. The van der Waals surface area contributed by atoms with Gasteiger partial charge in [-0.25, -0.2) is 4.98 Å². The summed E-state index contributed by atoms with van der Waals surface area (Å²) in [5.41, 5.74) is 1.29. The highest BCUT2D eigenvalue weighted by Crippen LogP contribution is 2.39. The van der Waals surface area contributed by atoms with E-state index in [-0.39, 0.29) is 18.4 Å². The van der Waals surface area contributed by atoms with E-state index >= 15 is 0 Å². The van der Waals surface area contributed by atoms with Gasteiger partial charge < -0.3 is 10.2 Å². The molecule has 2 amide bonds. The minimum absolute atomic E-state index is 0.00477. The van der Waals surface area contributed by atoms with Crippen LogP contribution in [0.15, 0.2) is 52.5 Å². The van der Waals surface area contributed by atoms with Gasteiger partial charge >= 0.3 is 0 Å². The third kappa shape index (κ3) is 5.88. The van der Waals surface area contributed by atoms with Crippen molar-refractivity contribution in [1.29, 1.82) is 0 Å². The largest absolute Gasteiger partial charge is 0.355 e. The second-order valence-corrected chi connectivity index (χ2v) is 10.7. The molecule has 0 spiro atoms. The molecule has 35 heavy (non-hydrogen) atoms. The molecule has 1 N–H and O–H groups in total. The van der Waals surface area contributed by atoms with E-state index in [0.29, 0.717) is 17.1 Å². The van der Waals surface area contributed by atoms with Gasteiger partial charge in [0.25, 0.3) is 5.91 Å². The summed E-state index contributed by atoms with van der Waals surface area (Å²) in [6.45, 7) is 6.20. The van der Waals surface area contributed by atoms with Crippen LogP contribution in [0.1, 0.15) is 48.9 Å². The topological polar surface area (TPSA) is 68.8 Å². The van der Waals surface area contributed by atoms with Crippen molar-refractivity contribution in [3.63, 3.8) is 0 Å². The summed E-state index contributed by atoms with van der Waals surface area (Å²) >= 11 is 1.47. The molecule has 5 rings (SSSR count). The molecule has 0 unspecified atom stereocenters. The van der Waals surface area contributed by atoms with Crippen molar-refractivity contribution >= 4 is 29.3 Å². The smallest absolute Gasteiger partial charge is 0.261 e. The summed E-state index contributed by atoms with van der Waals surface area (Å²) in [6.07, 6.45) is 9.54. The van der Waals surface area contributed by atoms with E-state index in [0.717, 1.165) is 42.7 Å². The van der Waals surface area contributed by atoms with Crippen LogP contribution >= 0.6 is 11.8 Å². The maximum absolute atomic E-state index is 13.3. The standard InChI is InChI=1S/C27H35N5O2S/c33-25(28-14-7-15-30-16-18-31(19-17-30)21-8-2-1-3-9-21)20-32-23-11-4-5-12-24(23)35-26-22(27(32)34)10-6-13-29-26/h4-6,10-13,21H,1-3,7-9,14-20H2,(H,28,33). The second kappa shape index (κ2) is 11.5. The highest BCUT2D eigenvalue weighted by atomic mass is 32.2. The first kappa shape index (κ1) is 24.3. The molecule has 7 nitrogen and oxygen atoms in total. The zero-order valence-corrected chi connectivity index (χ0v) is 21.1. The predicted molar refractivity (Wildman–Crippen MR) is 139 cm³/mol. The van der Waals surface area contributed by atoms with Crippen molar-refractivity contribution in [2.75, 3.05) is 50.7 Å². The van der Waals surface area contributed by atoms with Crippen LogP contribution in [0.3, 0.4) is 0 Å². The average molecular weight is 494 g/mol. The number of amides is 2. The van der Waals surface area contributed by atoms with Crippen LogP contribution in [0.25, 0.3) is 0 Å². The number of carbonyl (C=O) groups excluding carboxylic acids is 2. The zero-order chi connectivity index (χ0) is 24.0. The molecule has 0 radical (unpaired) electrons. The lowest BCUT2D eigenvalue weighted by atomic mass is 9.94. The molecule has 1 aromatic carbocycles. The number of benzene rings is 1. The van der Waals surface area contributed by atoms with Crippen molar-refractivity contribution in [1.82, 2.24) is 20.1 Å². The van der Waals surface area contributed by atoms with E-state index in [1.54, 1.807) is 23.2 Å². The van der Waals surface area contributed by atoms with Crippen LogP contribution < -0.4 is 10.2 Å². The predicted octanol–water partition coefficient (Wildman–Crippen LogP) is 3.65. The van der Waals surface area contributed by atoms with Crippen LogP contribution in [0.2, 0.25) is 0 Å². The third-order valence-electron chi connectivity index (χ3n) is 7.38. The maximum Gasteiger partial charge on any atom is 0.261 e. The number of pyridine rings is 1. The first-order chi connectivity index (χ1) is 17.2. The highest BCUT2D eigenvalue weighted by molar-refractivity contribution is 7.99. The Morgan fingerprint density at radius 3 is 2.66 bits per heavy atom. The van der Waals surface area contributed by atoms with E-state index in [4.69, 9.17) is 0 Å². The Morgan fingerprint density at radius 1 is 1.03 bits per heavy atom. The Morgan fingerprint density at radius 2 is 1.83 bits per heavy atom. The first-order valence-electron chi connectivity index (χ1n) is 13.0. The van der Waals surface area contributed by atoms with Gasteiger partial charge in [-0.3, -0.25) is 19.4 Å². The fourth-order valence-corrected chi connectivity index (χ4v) is 6.46. The Labute approximate surface area is 212 Å². The number of rotatable bonds is 7. The molecule has 8 heteroatoms. The van der Waals surface area contributed by atoms with Crippen LogP contribution in [0.5, 0.6) is 0 Å². The van der Waals surface area contributed by atoms with Crippen LogP contribution in [0.4, 0.5) is 5.69 Å². The summed E-state index contributed by atoms with van der Waals surface area (Å²) in [7, 11) is 0. The summed E-state index contributed by atoms with van der Waals surface area (Å²) < 4.78 is 0. The number of hydrogen-bond acceptors (Lipinski definition) is 6. The average Bonchev–Trinajstić information content (AvgIpc) is 3.02. The maximum atomic E-state index is 13.3. The third-order valence-corrected chi connectivity index (χ3v) is 8.47. The van der Waals surface area contributed by atoms with E-state index in [2.05, 4.69) is 20.1 Å². The molecular weight excluding hydrogens is 458 g/mol. The molecule has 2 aromatic rings. The summed E-state index contributed by atoms with van der Waals surface area (Å²) in [6, 6.07) is 12.1. The second-order valence-electron chi connectivity index (χ2n) is 9.69. The molecule has 3 aliphatic rings. The zero-order valence-electron chi connectivity index (χ0n) is 20.3. The number of carbonyl (C=O) groups is 2. The fourth-order valence-electron chi connectivity index (χ4n) is 5.45. The fraction of sp³-hybridized carbons (Fsp3) is 0.519. The Kier molecular flexibility index (Phi) is 8.01. The van der Waals surface area contributed by atoms with Gasteiger partial charge in [0, 0.05) is 49.9 Å². The molecule has 3 heterocycles. The number of hydrogen-bond donors (Lipinski definition) is 1. The lowest BCUT2D eigenvalue weighted by Gasteiger charge is -2.40. The molecule has 0 bridgehead atoms. The van der Waals surface area contributed by atoms with Crippen LogP contribution in [0, 0.1) is 0 Å². The van der Waals surface area contributed by atoms with Gasteiger partial charge in [-0.15, -0.1) is 0 Å². The first-order valence-corrected chi connectivity index (χ1v) is 13.8. The number of nitrogens with one attached hydrogen (secondary N) is 1. The van der Waals surface area contributed by atoms with Crippen molar-refractivity contribution in [2.24, 2.45) is 0 Å². The van der Waals surface area contributed by atoms with Crippen molar-refractivity contribution < 1.29 is 9.59 Å². The minimum Gasteiger partial charge on any atom is -0.355 e. The lowest BCUT2D eigenvalue weighted by molar-refractivity contribution is -0.119. The minimum atomic E-state index is -0.184. The lowest BCUT2D eigenvalue weighted by Crippen LogP contribution is -2.51. The van der Waals surface area contributed by atoms with E-state index in [1.165, 1.54) is 57.0 Å². The molecule has 1 saturated carbocycles. The number of anilines is 1. The number of piperazine rings is 1. The Bertz CT molecular complexity index is 1030. The van der Waals surface area contributed by atoms with Gasteiger partial charge in [0.2, 0.25) is 5.91 Å². The van der Waals surface area contributed by atoms with E-state index in [9.17, 15) is 9.59 Å². The van der Waals surface area contributed by atoms with Gasteiger partial charge in [0.1, 0.15) is 11.6 Å². The summed E-state index contributed by atoms with van der Waals surface area (Å²) in [5.74, 6) is -0.316. The molecule has 186 valence electrons. The van der Waals surface area contributed by atoms with Gasteiger partial charge in [0.05, 0.1) is 11.3 Å². The number of nitrogens with zero attached hydrogens (tertiary/aromatic N) is 4. The van der Waals surface area contributed by atoms with Gasteiger partial charge in [-0.05, 0) is 50.1 Å². The SMILES string of the molecule is O=C(CN1C(=O)c2cccnc2Sc2ccccc21)NCCCN1CCN(C2CCCCC2)CC1. The Hall–Kier alpha value is -2.42. The number of aromatic nitrogens is 1. The normalized spacial score (nSPS) is 19.7. The van der Waals surface area contributed by atoms with Crippen molar-refractivity contribution in [3.05, 3.63) is 48.2 Å². The molecule has 1 aliphatic carbocycles. The molecule has 0 atom stereocenters. The Balaban J connectivity index is 1.09. The van der Waals surface area contributed by atoms with Gasteiger partial charge in [0.15, 0.2) is 0 Å². The number of para-hydroxylation sites is 1. The summed E-state index contributed by atoms with van der Waals surface area (Å²) in [5, 5.41) is 3.71. The van der Waals surface area contributed by atoms with Crippen molar-refractivity contribution in [3.8, 4) is 0 Å². The van der Waals surface area contributed by atoms with E-state index in [1.807, 2.05) is 24.3 Å². The molecule has 1 aromatic heterocycles. The van der Waals surface area contributed by atoms with E-state index < -0.39 is 0 Å². The number of fused-ring (bicyclic) bond motifs is 2. The summed E-state index contributed by atoms with van der Waals surface area (Å²) in [4.78, 5) is 38.2.